The summed E-state index contributed by atoms with van der Waals surface area (Å²) in [5.41, 5.74) is 1.85. The minimum absolute atomic E-state index is 0.324. The van der Waals surface area contributed by atoms with Crippen LogP contribution in [0.25, 0.3) is 0 Å². The number of rotatable bonds is 10. The van der Waals surface area contributed by atoms with Crippen molar-refractivity contribution in [1.82, 2.24) is 0 Å². The third-order valence-electron chi connectivity index (χ3n) is 4.97. The van der Waals surface area contributed by atoms with E-state index in [0.29, 0.717) is 17.7 Å². The van der Waals surface area contributed by atoms with Crippen LogP contribution in [0.5, 0.6) is 5.75 Å². The van der Waals surface area contributed by atoms with Crippen molar-refractivity contribution in [2.24, 2.45) is 0 Å². The Hall–Kier alpha value is -2.92. The number of hydrogen-bond donors (Lipinski definition) is 2. The van der Waals surface area contributed by atoms with Crippen molar-refractivity contribution in [3.05, 3.63) is 128 Å². The molecule has 0 spiro atoms. The Balaban J connectivity index is 1.26. The molecule has 0 radical (unpaired) electrons. The number of halogens is 2. The van der Waals surface area contributed by atoms with E-state index in [-0.39, 0.29) is 0 Å². The Morgan fingerprint density at radius 1 is 0.629 bits per heavy atom. The fourth-order valence-corrected chi connectivity index (χ4v) is 7.84. The minimum atomic E-state index is -0.901. The van der Waals surface area contributed by atoms with Crippen LogP contribution in [0.2, 0.25) is 0 Å². The normalized spacial score (nSPS) is 10.9. The molecule has 0 amide bonds. The van der Waals surface area contributed by atoms with Crippen molar-refractivity contribution >= 4 is 11.9 Å². The van der Waals surface area contributed by atoms with Gasteiger partial charge in [-0.05, 0) is 0 Å². The van der Waals surface area contributed by atoms with Crippen LogP contribution in [0.3, 0.4) is 0 Å². The summed E-state index contributed by atoms with van der Waals surface area (Å²) in [5.74, 6) is -0.979. The van der Waals surface area contributed by atoms with Gasteiger partial charge in [0.2, 0.25) is 0 Å². The monoisotopic (exact) mass is 692 g/mol. The molecule has 0 aliphatic rings. The molecule has 0 aliphatic carbocycles. The quantitative estimate of drug-likeness (QED) is 0.208. The van der Waals surface area contributed by atoms with Crippen LogP contribution < -0.4 is 47.1 Å². The first-order valence-corrected chi connectivity index (χ1v) is 15.1. The molecular formula is C28H22I2O5-2. The van der Waals surface area contributed by atoms with Gasteiger partial charge in [0.15, 0.2) is 0 Å². The number of aromatic carboxylic acids is 2. The first-order chi connectivity index (χ1) is 17.0. The number of carboxylic acids is 2. The number of hydrogen-bond acceptors (Lipinski definition) is 3. The second-order valence-electron chi connectivity index (χ2n) is 7.50. The Kier molecular flexibility index (Phi) is 8.75. The summed E-state index contributed by atoms with van der Waals surface area (Å²) >= 11 is -0.875. The van der Waals surface area contributed by atoms with E-state index in [1.807, 2.05) is 36.4 Å². The van der Waals surface area contributed by atoms with Crippen LogP contribution in [0, 0.1) is 14.3 Å². The molecule has 4 rings (SSSR count). The molecule has 0 bridgehead atoms. The van der Waals surface area contributed by atoms with E-state index in [1.165, 1.54) is 12.7 Å². The van der Waals surface area contributed by atoms with Gasteiger partial charge in [-0.2, -0.15) is 0 Å². The van der Waals surface area contributed by atoms with Gasteiger partial charge in [-0.15, -0.1) is 0 Å². The first-order valence-electron chi connectivity index (χ1n) is 10.7. The van der Waals surface area contributed by atoms with Crippen LogP contribution in [0.1, 0.15) is 26.3 Å². The molecule has 0 atom stereocenters. The molecular weight excluding hydrogens is 670 g/mol. The van der Waals surface area contributed by atoms with Gasteiger partial charge >= 0.3 is 226 Å². The zero-order valence-electron chi connectivity index (χ0n) is 18.5. The van der Waals surface area contributed by atoms with E-state index in [1.54, 1.807) is 36.4 Å². The number of carbonyl (C=O) groups is 2. The predicted molar refractivity (Wildman–Crippen MR) is 124 cm³/mol. The summed E-state index contributed by atoms with van der Waals surface area (Å²) in [6, 6.07) is 30.8. The Morgan fingerprint density at radius 3 is 1.60 bits per heavy atom. The molecule has 0 fully saturated rings. The molecule has 4 aromatic carbocycles. The van der Waals surface area contributed by atoms with E-state index < -0.39 is 54.3 Å². The second kappa shape index (κ2) is 12.2. The Bertz CT molecular complexity index is 1220. The molecule has 7 heteroatoms. The van der Waals surface area contributed by atoms with E-state index in [4.69, 9.17) is 14.9 Å². The van der Waals surface area contributed by atoms with Crippen LogP contribution >= 0.6 is 0 Å². The zero-order chi connectivity index (χ0) is 24.6. The topological polar surface area (TPSA) is 83.8 Å². The zero-order valence-corrected chi connectivity index (χ0v) is 22.8. The summed E-state index contributed by atoms with van der Waals surface area (Å²) in [5, 5.41) is 18.3. The molecule has 0 saturated heterocycles. The van der Waals surface area contributed by atoms with Crippen LogP contribution in [-0.2, 0) is 6.42 Å². The van der Waals surface area contributed by atoms with Crippen molar-refractivity contribution < 1.29 is 66.9 Å². The molecule has 180 valence electrons. The number of ether oxygens (including phenoxy) is 1. The second-order valence-corrected chi connectivity index (χ2v) is 13.6. The molecule has 0 heterocycles. The third-order valence-corrected chi connectivity index (χ3v) is 10.2. The van der Waals surface area contributed by atoms with Crippen molar-refractivity contribution in [3.63, 3.8) is 0 Å². The molecule has 2 N–H and O–H groups in total. The van der Waals surface area contributed by atoms with Crippen LogP contribution in [0.15, 0.2) is 97.1 Å². The fourth-order valence-electron chi connectivity index (χ4n) is 3.21. The molecule has 35 heavy (non-hydrogen) atoms. The van der Waals surface area contributed by atoms with E-state index in [9.17, 15) is 9.59 Å². The van der Waals surface area contributed by atoms with E-state index in [0.717, 1.165) is 19.3 Å². The van der Waals surface area contributed by atoms with Crippen molar-refractivity contribution in [2.75, 3.05) is 6.61 Å². The van der Waals surface area contributed by atoms with Gasteiger partial charge in [0.25, 0.3) is 0 Å². The van der Waals surface area contributed by atoms with Crippen molar-refractivity contribution in [1.29, 1.82) is 0 Å². The average molecular weight is 692 g/mol. The summed E-state index contributed by atoms with van der Waals surface area (Å²) in [7, 11) is 0. The Morgan fingerprint density at radius 2 is 1.11 bits per heavy atom. The fraction of sp³-hybridized carbons (Fsp3) is 0.0714. The molecule has 0 saturated carbocycles. The molecule has 5 nitrogen and oxygen atoms in total. The standard InChI is InChI=1S/C28H22I2O5/c31-27(32)20-3-1-5-24(17-20)29-22-9-7-19(8-10-22)15-16-35-26-13-11-23(12-14-26)30-25-6-2-4-21(18-25)28(33)34/h1-14,17-18H,15-16H2,(H,31,32)(H,33,34)/q-2. The summed E-state index contributed by atoms with van der Waals surface area (Å²) in [6.45, 7) is 0.574. The van der Waals surface area contributed by atoms with Crippen molar-refractivity contribution in [2.45, 2.75) is 6.42 Å². The van der Waals surface area contributed by atoms with Gasteiger partial charge in [-0.1, -0.05) is 0 Å². The van der Waals surface area contributed by atoms with E-state index in [2.05, 4.69) is 24.3 Å². The van der Waals surface area contributed by atoms with Gasteiger partial charge < -0.3 is 0 Å². The maximum absolute atomic E-state index is 11.2. The van der Waals surface area contributed by atoms with Gasteiger partial charge in [0, 0.05) is 0 Å². The van der Waals surface area contributed by atoms with E-state index >= 15 is 0 Å². The summed E-state index contributed by atoms with van der Waals surface area (Å²) in [4.78, 5) is 22.3. The number of benzene rings is 4. The van der Waals surface area contributed by atoms with Gasteiger partial charge in [0.05, 0.1) is 0 Å². The summed E-state index contributed by atoms with van der Waals surface area (Å²) in [6.07, 6.45) is 0.795. The maximum atomic E-state index is 11.2. The molecule has 4 aromatic rings. The van der Waals surface area contributed by atoms with Crippen LogP contribution in [0.4, 0.5) is 0 Å². The molecule has 0 unspecified atom stereocenters. The van der Waals surface area contributed by atoms with Gasteiger partial charge in [0.1, 0.15) is 0 Å². The molecule has 0 aliphatic heterocycles. The number of carboxylic acid groups (broad SMARTS) is 2. The Labute approximate surface area is 224 Å². The van der Waals surface area contributed by atoms with Crippen LogP contribution in [-0.4, -0.2) is 28.8 Å². The first kappa shape index (κ1) is 25.2. The predicted octanol–water partition coefficient (Wildman–Crippen LogP) is -1.04. The summed E-state index contributed by atoms with van der Waals surface area (Å²) < 4.78 is 10.5. The average Bonchev–Trinajstić information content (AvgIpc) is 2.86. The third kappa shape index (κ3) is 7.53. The molecule has 0 aromatic heterocycles. The van der Waals surface area contributed by atoms with Gasteiger partial charge in [-0.3, -0.25) is 0 Å². The van der Waals surface area contributed by atoms with Gasteiger partial charge in [-0.25, -0.2) is 0 Å². The SMILES string of the molecule is O=C(O)c1cccc([I-]c2ccc(CCOc3ccc([I-]c4cccc(C(=O)O)c4)cc3)cc2)c1. The van der Waals surface area contributed by atoms with Crippen molar-refractivity contribution in [3.8, 4) is 5.75 Å².